The molecule has 0 saturated carbocycles. The van der Waals surface area contributed by atoms with Crippen molar-refractivity contribution in [2.75, 3.05) is 6.61 Å². The van der Waals surface area contributed by atoms with Crippen molar-refractivity contribution in [1.29, 1.82) is 0 Å². The van der Waals surface area contributed by atoms with Crippen LogP contribution in [0.1, 0.15) is 149 Å². The third kappa shape index (κ3) is 10.3. The lowest BCUT2D eigenvalue weighted by atomic mass is 9.78. The van der Waals surface area contributed by atoms with Crippen LogP contribution in [0.5, 0.6) is 0 Å². The number of benzene rings is 1. The van der Waals surface area contributed by atoms with Gasteiger partial charge in [0.2, 0.25) is 0 Å². The summed E-state index contributed by atoms with van der Waals surface area (Å²) in [6.07, 6.45) is 1.18. The van der Waals surface area contributed by atoms with E-state index in [0.29, 0.717) is 64.2 Å². The topological polar surface area (TPSA) is 219 Å². The molecule has 0 aliphatic carbocycles. The minimum Gasteiger partial charge on any atom is -0.459 e. The normalized spacial score (nSPS) is 54.3. The number of carbonyl (C=O) groups excluding carboxylic acids is 1. The number of fused-ring (bicyclic) bond motifs is 10. The summed E-state index contributed by atoms with van der Waals surface area (Å²) >= 11 is 0. The number of aliphatic hydroxyl groups is 1. The van der Waals surface area contributed by atoms with Crippen LogP contribution in [0.2, 0.25) is 0 Å². The van der Waals surface area contributed by atoms with E-state index in [1.54, 1.807) is 12.1 Å². The van der Waals surface area contributed by atoms with Gasteiger partial charge in [0.25, 0.3) is 10.1 Å². The highest BCUT2D eigenvalue weighted by molar-refractivity contribution is 7.86. The summed E-state index contributed by atoms with van der Waals surface area (Å²) in [5.41, 5.74) is 2.38. The van der Waals surface area contributed by atoms with Crippen molar-refractivity contribution in [1.82, 2.24) is 0 Å². The molecule has 1 aromatic rings. The monoisotopic (exact) mass is 1230 g/mol. The Morgan fingerprint density at radius 3 is 2.09 bits per heavy atom. The molecule has 20 nitrogen and oxygen atoms in total. The first-order chi connectivity index (χ1) is 41.6. The number of esters is 1. The molecule has 16 saturated heterocycles. The molecule has 0 aromatic heterocycles. The van der Waals surface area contributed by atoms with Gasteiger partial charge in [0, 0.05) is 63.7 Å². The van der Waals surface area contributed by atoms with E-state index in [1.165, 1.54) is 12.1 Å². The first kappa shape index (κ1) is 59.5. The van der Waals surface area contributed by atoms with Gasteiger partial charge in [-0.1, -0.05) is 58.5 Å². The van der Waals surface area contributed by atoms with Crippen molar-refractivity contribution >= 4 is 16.1 Å². The Labute approximate surface area is 510 Å². The van der Waals surface area contributed by atoms with E-state index in [0.717, 1.165) is 48.8 Å². The molecule has 480 valence electrons. The number of ether oxygens (including phenoxy) is 15. The van der Waals surface area contributed by atoms with E-state index in [9.17, 15) is 18.3 Å². The maximum Gasteiger partial charge on any atom is 0.308 e. The minimum absolute atomic E-state index is 0.00340. The molecule has 1 aromatic carbocycles. The molecule has 21 heteroatoms. The average Bonchev–Trinajstić information content (AvgIpc) is 1.55. The third-order valence-corrected chi connectivity index (χ3v) is 24.7. The lowest BCUT2D eigenvalue weighted by molar-refractivity contribution is -0.371. The molecule has 1 N–H and O–H groups in total. The summed E-state index contributed by atoms with van der Waals surface area (Å²) in [6, 6.07) is 6.46. The molecule has 31 atom stereocenters. The molecule has 87 heavy (non-hydrogen) atoms. The van der Waals surface area contributed by atoms with Gasteiger partial charge in [-0.25, -0.2) is 0 Å². The summed E-state index contributed by atoms with van der Waals surface area (Å²) in [6.45, 7) is 21.4. The summed E-state index contributed by atoms with van der Waals surface area (Å²) in [5, 5.41) is 11.4. The highest BCUT2D eigenvalue weighted by atomic mass is 32.2. The Morgan fingerprint density at radius 2 is 1.26 bits per heavy atom. The molecule has 12 bridgehead atoms. The number of hydrogen-bond acceptors (Lipinski definition) is 20. The summed E-state index contributed by atoms with van der Waals surface area (Å²) in [7, 11) is -4.06. The van der Waals surface area contributed by atoms with E-state index in [4.69, 9.17) is 75.2 Å². The summed E-state index contributed by atoms with van der Waals surface area (Å²) in [5.74, 6) is -3.21. The number of hydrogen-bond donors (Lipinski definition) is 1. The van der Waals surface area contributed by atoms with Gasteiger partial charge >= 0.3 is 5.97 Å². The van der Waals surface area contributed by atoms with Gasteiger partial charge in [-0.3, -0.25) is 8.98 Å². The molecule has 16 aliphatic heterocycles. The maximum absolute atomic E-state index is 14.7. The van der Waals surface area contributed by atoms with Crippen LogP contribution in [0, 0.1) is 30.6 Å². The van der Waals surface area contributed by atoms with Gasteiger partial charge in [-0.15, -0.1) is 0 Å². The average molecular weight is 1240 g/mol. The van der Waals surface area contributed by atoms with Crippen molar-refractivity contribution < 1.29 is 93.6 Å². The van der Waals surface area contributed by atoms with E-state index < -0.39 is 94.1 Å². The zero-order valence-electron chi connectivity index (χ0n) is 51.2. The Bertz CT molecular complexity index is 2950. The molecule has 0 radical (unpaired) electrons. The Morgan fingerprint density at radius 1 is 0.563 bits per heavy atom. The van der Waals surface area contributed by atoms with Crippen LogP contribution in [0.3, 0.4) is 0 Å². The Hall–Kier alpha value is -2.52. The van der Waals surface area contributed by atoms with Crippen molar-refractivity contribution in [3.63, 3.8) is 0 Å². The molecule has 17 rings (SSSR count). The predicted molar refractivity (Wildman–Crippen MR) is 305 cm³/mol. The lowest BCUT2D eigenvalue weighted by Gasteiger charge is -2.54. The van der Waals surface area contributed by atoms with E-state index in [1.807, 2.05) is 6.92 Å². The number of aryl methyl sites for hydroxylation is 1. The number of aliphatic hydroxyl groups excluding tert-OH is 1. The maximum atomic E-state index is 14.7. The van der Waals surface area contributed by atoms with E-state index >= 15 is 0 Å². The van der Waals surface area contributed by atoms with Crippen LogP contribution in [0.15, 0.2) is 53.5 Å². The van der Waals surface area contributed by atoms with E-state index in [-0.39, 0.29) is 133 Å². The van der Waals surface area contributed by atoms with Crippen molar-refractivity contribution in [2.45, 2.75) is 319 Å². The first-order valence-corrected chi connectivity index (χ1v) is 34.5. The highest BCUT2D eigenvalue weighted by Gasteiger charge is 2.74. The van der Waals surface area contributed by atoms with Crippen LogP contribution in [0.4, 0.5) is 0 Å². The number of rotatable bonds is 4. The highest BCUT2D eigenvalue weighted by Crippen LogP contribution is 2.60. The van der Waals surface area contributed by atoms with Crippen molar-refractivity contribution in [3.8, 4) is 0 Å². The minimum atomic E-state index is -4.06. The second-order valence-corrected chi connectivity index (χ2v) is 31.2. The zero-order chi connectivity index (χ0) is 59.8. The van der Waals surface area contributed by atoms with Gasteiger partial charge in [0.1, 0.15) is 42.2 Å². The number of carbonyl (C=O) groups is 1. The van der Waals surface area contributed by atoms with Crippen LogP contribution in [-0.2, 0) is 90.1 Å². The standard InChI is InChI=1S/C66H90O20S/c1-31-9-13-41(14-10-31)87(69,70)71-30-53-42(67)22-49-55(77-53)34(4)25-65(82-49)26-35(5)56-51(83-65)28-66(84-56)27-50-46(81-66)24-48-57(76-50)37(7)58-47(75-48)23-45-36(6)32(2)19-38(73-45)11-15-43-33(3)20-40(72-43)17-18-64-29-52-61(86-64)63(8)62(78-52)60(85-64)59-44(80-63)16-12-39(74-59)21-54(68)79-58/h9-10,13-14,32,34-35,37-40,42-53,55-62,67H,3,6,11-12,15-30H2,1-2,4-5,7-8H3/t32-,34+,35+,37+,38+,39-,40+,42-,43+,44+,45?,46-,47+,48+,49+,50-,51+,52-,53-,55+,56+,57+,58-,59+,60?,61?,62?,63+,64-,65-,66+/m1/s1. The molecular weight excluding hydrogens is 1140 g/mol. The molecule has 16 heterocycles. The Balaban J connectivity index is 0.607. The fourth-order valence-electron chi connectivity index (χ4n) is 19.1. The second kappa shape index (κ2) is 21.8. The van der Waals surface area contributed by atoms with Gasteiger partial charge in [-0.05, 0) is 99.8 Å². The van der Waals surface area contributed by atoms with E-state index in [2.05, 4.69) is 47.8 Å². The molecule has 4 unspecified atom stereocenters. The van der Waals surface area contributed by atoms with Crippen molar-refractivity contribution in [3.05, 3.63) is 54.1 Å². The smallest absolute Gasteiger partial charge is 0.308 e. The lowest BCUT2D eigenvalue weighted by Crippen LogP contribution is -2.66. The largest absolute Gasteiger partial charge is 0.459 e. The SMILES string of the molecule is C=C1C2C[C@@H]3O[C@H]4C[C@H]5O[C@@]6(C[C@@H]7O[C@]8(C[C@H](C)[C@@H]9O[C@H](COS(=O)(=O)c%10ccc(C)cc%10)[C@H](O)C[C@@H]9O8)C[C@H](C)[C@@H]7O6)C[C@H]5O[C@H]4[C@H](C)[C@H]3OC(=O)C[C@H]3CC[C@@H]4O[C@]5(C)C6O[C@@H]7C[C@](CC[C@H]8CC(=C)[C@H](CC[C@@H](C[C@H]1C)O2)O8)(OC6[C@H]4O3)OC75. The summed E-state index contributed by atoms with van der Waals surface area (Å²) < 4.78 is 136. The van der Waals surface area contributed by atoms with Crippen LogP contribution < -0.4 is 0 Å². The Kier molecular flexibility index (Phi) is 14.9. The fraction of sp³-hybridized carbons (Fsp3) is 0.833. The molecule has 3 spiro atoms. The van der Waals surface area contributed by atoms with Crippen molar-refractivity contribution in [2.24, 2.45) is 23.7 Å². The summed E-state index contributed by atoms with van der Waals surface area (Å²) in [4.78, 5) is 14.7. The zero-order valence-corrected chi connectivity index (χ0v) is 52.0. The van der Waals surface area contributed by atoms with Gasteiger partial charge in [0.15, 0.2) is 17.4 Å². The fourth-order valence-corrected chi connectivity index (χ4v) is 20.0. The van der Waals surface area contributed by atoms with Crippen LogP contribution in [-0.4, -0.2) is 189 Å². The molecule has 16 aliphatic rings. The van der Waals surface area contributed by atoms with Gasteiger partial charge in [0.05, 0.1) is 122 Å². The molecule has 0 amide bonds. The first-order valence-electron chi connectivity index (χ1n) is 33.1. The second-order valence-electron chi connectivity index (χ2n) is 29.6. The molecular formula is C66H90O20S. The van der Waals surface area contributed by atoms with Crippen LogP contribution in [0.25, 0.3) is 0 Å². The van der Waals surface area contributed by atoms with Gasteiger partial charge < -0.3 is 76.2 Å². The predicted octanol–water partition coefficient (Wildman–Crippen LogP) is 7.29. The quantitative estimate of drug-likeness (QED) is 0.178. The third-order valence-electron chi connectivity index (χ3n) is 23.4. The molecule has 16 fully saturated rings. The van der Waals surface area contributed by atoms with Gasteiger partial charge in [-0.2, -0.15) is 8.42 Å². The van der Waals surface area contributed by atoms with Crippen LogP contribution >= 0.6 is 0 Å².